The Morgan fingerprint density at radius 3 is 2.15 bits per heavy atom. The third-order valence-electron chi connectivity index (χ3n) is 2.73. The summed E-state index contributed by atoms with van der Waals surface area (Å²) in [5.74, 6) is 0.681. The molecule has 1 unspecified atom stereocenters. The average molecular weight is 185 g/mol. The number of rotatable bonds is 4. The molecular formula is C11H23NO. The molecule has 0 aliphatic carbocycles. The summed E-state index contributed by atoms with van der Waals surface area (Å²) < 4.78 is 0. The van der Waals surface area contributed by atoms with Crippen molar-refractivity contribution >= 4 is 0 Å². The van der Waals surface area contributed by atoms with E-state index in [9.17, 15) is 5.11 Å². The van der Waals surface area contributed by atoms with Gasteiger partial charge in [-0.2, -0.15) is 0 Å². The van der Waals surface area contributed by atoms with Crippen LogP contribution in [0.3, 0.4) is 0 Å². The first-order chi connectivity index (χ1) is 5.94. The van der Waals surface area contributed by atoms with Gasteiger partial charge in [0.25, 0.3) is 0 Å². The minimum Gasteiger partial charge on any atom is -0.395 e. The maximum Gasteiger partial charge on any atom is 0.0586 e. The lowest BCUT2D eigenvalue weighted by Crippen LogP contribution is -2.58. The van der Waals surface area contributed by atoms with Crippen molar-refractivity contribution in [2.45, 2.75) is 40.2 Å². The van der Waals surface area contributed by atoms with Crippen molar-refractivity contribution in [2.24, 2.45) is 11.3 Å². The maximum atomic E-state index is 9.24. The number of aliphatic hydroxyl groups is 1. The van der Waals surface area contributed by atoms with Crippen LogP contribution in [0.25, 0.3) is 0 Å². The van der Waals surface area contributed by atoms with Gasteiger partial charge in [-0.1, -0.05) is 27.7 Å². The van der Waals surface area contributed by atoms with Crippen LogP contribution in [-0.4, -0.2) is 35.7 Å². The van der Waals surface area contributed by atoms with Crippen molar-refractivity contribution in [3.05, 3.63) is 0 Å². The molecule has 1 saturated heterocycles. The highest BCUT2D eigenvalue weighted by Crippen LogP contribution is 2.31. The Labute approximate surface area is 81.9 Å². The Morgan fingerprint density at radius 2 is 1.85 bits per heavy atom. The van der Waals surface area contributed by atoms with Crippen LogP contribution in [-0.2, 0) is 0 Å². The van der Waals surface area contributed by atoms with E-state index in [1.807, 2.05) is 0 Å². The second-order valence-electron chi connectivity index (χ2n) is 5.54. The van der Waals surface area contributed by atoms with Crippen molar-refractivity contribution in [3.63, 3.8) is 0 Å². The van der Waals surface area contributed by atoms with E-state index < -0.39 is 0 Å². The first kappa shape index (κ1) is 11.0. The van der Waals surface area contributed by atoms with E-state index in [2.05, 4.69) is 32.6 Å². The Balaban J connectivity index is 2.33. The molecule has 0 saturated carbocycles. The fourth-order valence-corrected chi connectivity index (χ4v) is 2.19. The van der Waals surface area contributed by atoms with E-state index in [4.69, 9.17) is 0 Å². The molecule has 1 fully saturated rings. The zero-order valence-corrected chi connectivity index (χ0v) is 9.38. The molecule has 1 rings (SSSR count). The molecule has 1 heterocycles. The largest absolute Gasteiger partial charge is 0.395 e. The van der Waals surface area contributed by atoms with E-state index in [1.54, 1.807) is 0 Å². The van der Waals surface area contributed by atoms with Gasteiger partial charge in [-0.25, -0.2) is 0 Å². The predicted molar refractivity (Wildman–Crippen MR) is 55.7 cm³/mol. The second kappa shape index (κ2) is 3.97. The Kier molecular flexibility index (Phi) is 3.36. The highest BCUT2D eigenvalue weighted by molar-refractivity contribution is 4.91. The number of hydrogen-bond acceptors (Lipinski definition) is 2. The molecular weight excluding hydrogens is 162 g/mol. The molecule has 13 heavy (non-hydrogen) atoms. The molecule has 0 aromatic rings. The number of nitrogens with zero attached hydrogens (tertiary/aromatic N) is 1. The first-order valence-corrected chi connectivity index (χ1v) is 5.29. The van der Waals surface area contributed by atoms with E-state index in [1.165, 1.54) is 0 Å². The summed E-state index contributed by atoms with van der Waals surface area (Å²) in [4.78, 5) is 2.40. The van der Waals surface area contributed by atoms with Crippen molar-refractivity contribution in [2.75, 3.05) is 19.7 Å². The molecule has 0 spiro atoms. The van der Waals surface area contributed by atoms with Crippen LogP contribution >= 0.6 is 0 Å². The van der Waals surface area contributed by atoms with E-state index in [0.717, 1.165) is 19.5 Å². The van der Waals surface area contributed by atoms with Gasteiger partial charge >= 0.3 is 0 Å². The Morgan fingerprint density at radius 1 is 1.31 bits per heavy atom. The molecule has 0 aromatic heterocycles. The van der Waals surface area contributed by atoms with Crippen LogP contribution in [0, 0.1) is 11.3 Å². The molecule has 1 aliphatic rings. The Hall–Kier alpha value is -0.0800. The van der Waals surface area contributed by atoms with Gasteiger partial charge in [0.2, 0.25) is 0 Å². The van der Waals surface area contributed by atoms with Crippen LogP contribution in [0.15, 0.2) is 0 Å². The van der Waals surface area contributed by atoms with E-state index in [-0.39, 0.29) is 0 Å². The average Bonchev–Trinajstić information content (AvgIpc) is 1.95. The van der Waals surface area contributed by atoms with Gasteiger partial charge in [0, 0.05) is 19.1 Å². The zero-order chi connectivity index (χ0) is 10.1. The van der Waals surface area contributed by atoms with Crippen LogP contribution in [0.5, 0.6) is 0 Å². The predicted octanol–water partition coefficient (Wildman–Crippen LogP) is 1.74. The number of likely N-dealkylation sites (tertiary alicyclic amines) is 1. The summed E-state index contributed by atoms with van der Waals surface area (Å²) in [6, 6.07) is 0.396. The Bertz CT molecular complexity index is 157. The lowest BCUT2D eigenvalue weighted by atomic mass is 9.82. The van der Waals surface area contributed by atoms with Gasteiger partial charge in [0.15, 0.2) is 0 Å². The SMILES string of the molecule is CC(C)CC(CO)N1CC(C)(C)C1. The van der Waals surface area contributed by atoms with E-state index >= 15 is 0 Å². The van der Waals surface area contributed by atoms with Gasteiger partial charge in [0.05, 0.1) is 6.61 Å². The fourth-order valence-electron chi connectivity index (χ4n) is 2.19. The molecule has 2 nitrogen and oxygen atoms in total. The molecule has 0 amide bonds. The summed E-state index contributed by atoms with van der Waals surface area (Å²) in [5, 5.41) is 9.24. The number of hydrogen-bond donors (Lipinski definition) is 1. The van der Waals surface area contributed by atoms with Crippen LogP contribution in [0.2, 0.25) is 0 Å². The zero-order valence-electron chi connectivity index (χ0n) is 9.38. The lowest BCUT2D eigenvalue weighted by molar-refractivity contribution is -0.0305. The quantitative estimate of drug-likeness (QED) is 0.721. The highest BCUT2D eigenvalue weighted by atomic mass is 16.3. The number of aliphatic hydroxyl groups excluding tert-OH is 1. The third-order valence-corrected chi connectivity index (χ3v) is 2.73. The molecule has 0 bridgehead atoms. The van der Waals surface area contributed by atoms with Crippen LogP contribution in [0.4, 0.5) is 0 Å². The van der Waals surface area contributed by atoms with E-state index in [0.29, 0.717) is 24.0 Å². The second-order valence-corrected chi connectivity index (χ2v) is 5.54. The van der Waals surface area contributed by atoms with Crippen LogP contribution in [0.1, 0.15) is 34.1 Å². The summed E-state index contributed by atoms with van der Waals surface area (Å²) in [7, 11) is 0. The highest BCUT2D eigenvalue weighted by Gasteiger charge is 2.37. The summed E-state index contributed by atoms with van der Waals surface area (Å²) in [6.07, 6.45) is 1.12. The summed E-state index contributed by atoms with van der Waals surface area (Å²) >= 11 is 0. The molecule has 1 atom stereocenters. The standard InChI is InChI=1S/C11H23NO/c1-9(2)5-10(6-13)12-7-11(3,4)8-12/h9-10,13H,5-8H2,1-4H3. The van der Waals surface area contributed by atoms with Crippen molar-refractivity contribution in [1.29, 1.82) is 0 Å². The van der Waals surface area contributed by atoms with Gasteiger partial charge in [-0.15, -0.1) is 0 Å². The monoisotopic (exact) mass is 185 g/mol. The lowest BCUT2D eigenvalue weighted by Gasteiger charge is -2.50. The van der Waals surface area contributed by atoms with Gasteiger partial charge in [-0.3, -0.25) is 4.90 Å². The third kappa shape index (κ3) is 2.96. The summed E-state index contributed by atoms with van der Waals surface area (Å²) in [6.45, 7) is 11.6. The molecule has 0 radical (unpaired) electrons. The minimum atomic E-state index is 0.314. The van der Waals surface area contributed by atoms with Gasteiger partial charge in [-0.05, 0) is 17.8 Å². The molecule has 78 valence electrons. The summed E-state index contributed by atoms with van der Waals surface area (Å²) in [5.41, 5.74) is 0.477. The molecule has 0 aromatic carbocycles. The minimum absolute atomic E-state index is 0.314. The first-order valence-electron chi connectivity index (χ1n) is 5.29. The maximum absolute atomic E-state index is 9.24. The fraction of sp³-hybridized carbons (Fsp3) is 1.00. The van der Waals surface area contributed by atoms with Crippen molar-refractivity contribution in [3.8, 4) is 0 Å². The topological polar surface area (TPSA) is 23.5 Å². The van der Waals surface area contributed by atoms with Crippen molar-refractivity contribution in [1.82, 2.24) is 4.90 Å². The van der Waals surface area contributed by atoms with Gasteiger partial charge < -0.3 is 5.11 Å². The van der Waals surface area contributed by atoms with Crippen LogP contribution < -0.4 is 0 Å². The van der Waals surface area contributed by atoms with Gasteiger partial charge in [0.1, 0.15) is 0 Å². The van der Waals surface area contributed by atoms with Crippen molar-refractivity contribution < 1.29 is 5.11 Å². The molecule has 2 heteroatoms. The molecule has 1 aliphatic heterocycles. The smallest absolute Gasteiger partial charge is 0.0586 e. The normalized spacial score (nSPS) is 24.5. The molecule has 1 N–H and O–H groups in total.